The summed E-state index contributed by atoms with van der Waals surface area (Å²) in [5, 5.41) is 2.88. The molecule has 1 saturated heterocycles. The average molecular weight is 330 g/mol. The van der Waals surface area contributed by atoms with Crippen LogP contribution in [0.4, 0.5) is 16.2 Å². The molecule has 132 valence electrons. The van der Waals surface area contributed by atoms with E-state index in [1.165, 1.54) is 50.9 Å². The van der Waals surface area contributed by atoms with Crippen molar-refractivity contribution in [3.05, 3.63) is 24.3 Å². The van der Waals surface area contributed by atoms with Gasteiger partial charge in [-0.25, -0.2) is 4.79 Å². The van der Waals surface area contributed by atoms with Gasteiger partial charge in [-0.05, 0) is 37.1 Å². The maximum Gasteiger partial charge on any atom is 0.321 e. The van der Waals surface area contributed by atoms with Crippen LogP contribution in [-0.2, 0) is 0 Å². The molecule has 5 nitrogen and oxygen atoms in total. The molecule has 2 fully saturated rings. The van der Waals surface area contributed by atoms with E-state index in [4.69, 9.17) is 0 Å². The quantitative estimate of drug-likeness (QED) is 0.925. The summed E-state index contributed by atoms with van der Waals surface area (Å²) >= 11 is 0. The van der Waals surface area contributed by atoms with Gasteiger partial charge in [0.15, 0.2) is 0 Å². The van der Waals surface area contributed by atoms with Crippen LogP contribution in [0.25, 0.3) is 0 Å². The normalized spacial score (nSPS) is 20.0. The number of amides is 2. The molecule has 0 aromatic heterocycles. The van der Waals surface area contributed by atoms with Gasteiger partial charge >= 0.3 is 6.03 Å². The van der Waals surface area contributed by atoms with Gasteiger partial charge in [0, 0.05) is 57.7 Å². The van der Waals surface area contributed by atoms with E-state index < -0.39 is 0 Å². The third-order valence-electron chi connectivity index (χ3n) is 5.30. The van der Waals surface area contributed by atoms with E-state index in [9.17, 15) is 4.79 Å². The molecular formula is C19H30N4O. The molecule has 1 aliphatic heterocycles. The van der Waals surface area contributed by atoms with Crippen LogP contribution in [0.2, 0.25) is 0 Å². The molecule has 1 saturated carbocycles. The molecule has 0 bridgehead atoms. The molecule has 24 heavy (non-hydrogen) atoms. The van der Waals surface area contributed by atoms with E-state index in [1.807, 2.05) is 12.1 Å². The number of carbonyl (C=O) groups is 1. The summed E-state index contributed by atoms with van der Waals surface area (Å²) in [4.78, 5) is 18.4. The maximum absolute atomic E-state index is 11.7. The van der Waals surface area contributed by atoms with Crippen molar-refractivity contribution in [1.82, 2.24) is 9.80 Å². The predicted octanol–water partition coefficient (Wildman–Crippen LogP) is 3.23. The zero-order valence-corrected chi connectivity index (χ0v) is 15.0. The van der Waals surface area contributed by atoms with E-state index in [0.717, 1.165) is 24.8 Å². The van der Waals surface area contributed by atoms with Gasteiger partial charge in [0.1, 0.15) is 0 Å². The number of rotatable bonds is 3. The maximum atomic E-state index is 11.7. The lowest BCUT2D eigenvalue weighted by molar-refractivity contribution is 0.148. The zero-order chi connectivity index (χ0) is 16.9. The first kappa shape index (κ1) is 17.1. The first-order chi connectivity index (χ1) is 11.6. The summed E-state index contributed by atoms with van der Waals surface area (Å²) in [5.41, 5.74) is 2.10. The van der Waals surface area contributed by atoms with Crippen LogP contribution in [0.3, 0.4) is 0 Å². The minimum atomic E-state index is -0.0937. The number of hydrogen-bond donors (Lipinski definition) is 1. The highest BCUT2D eigenvalue weighted by Crippen LogP contribution is 2.25. The van der Waals surface area contributed by atoms with Crippen LogP contribution < -0.4 is 10.2 Å². The summed E-state index contributed by atoms with van der Waals surface area (Å²) in [7, 11) is 3.49. The summed E-state index contributed by atoms with van der Waals surface area (Å²) < 4.78 is 0. The highest BCUT2D eigenvalue weighted by atomic mass is 16.2. The number of carbonyl (C=O) groups excluding carboxylic acids is 1. The summed E-state index contributed by atoms with van der Waals surface area (Å²) in [6, 6.07) is 8.94. The second-order valence-electron chi connectivity index (χ2n) is 7.19. The highest BCUT2D eigenvalue weighted by molar-refractivity contribution is 5.89. The Morgan fingerprint density at radius 3 is 2.21 bits per heavy atom. The van der Waals surface area contributed by atoms with Crippen molar-refractivity contribution in [2.45, 2.75) is 38.1 Å². The van der Waals surface area contributed by atoms with Gasteiger partial charge in [-0.3, -0.25) is 4.90 Å². The lowest BCUT2D eigenvalue weighted by Gasteiger charge is -2.41. The van der Waals surface area contributed by atoms with Gasteiger partial charge in [0.2, 0.25) is 0 Å². The third-order valence-corrected chi connectivity index (χ3v) is 5.30. The zero-order valence-electron chi connectivity index (χ0n) is 15.0. The lowest BCUT2D eigenvalue weighted by Crippen LogP contribution is -2.50. The molecule has 1 N–H and O–H groups in total. The Hall–Kier alpha value is -1.75. The second-order valence-corrected chi connectivity index (χ2v) is 7.19. The number of piperazine rings is 1. The standard InChI is InChI=1S/C19H30N4O/c1-21(2)19(24)20-16-8-10-18(11-9-16)23-14-12-22(13-15-23)17-6-4-3-5-7-17/h8-11,17H,3-7,12-15H2,1-2H3,(H,20,24). The Morgan fingerprint density at radius 1 is 1.00 bits per heavy atom. The first-order valence-corrected chi connectivity index (χ1v) is 9.21. The number of anilines is 2. The lowest BCUT2D eigenvalue weighted by atomic mass is 9.94. The minimum absolute atomic E-state index is 0.0937. The van der Waals surface area contributed by atoms with Crippen LogP contribution in [0.1, 0.15) is 32.1 Å². The molecule has 3 rings (SSSR count). The predicted molar refractivity (Wildman–Crippen MR) is 99.8 cm³/mol. The van der Waals surface area contributed by atoms with Gasteiger partial charge in [0.25, 0.3) is 0 Å². The first-order valence-electron chi connectivity index (χ1n) is 9.21. The van der Waals surface area contributed by atoms with Crippen molar-refractivity contribution in [1.29, 1.82) is 0 Å². The van der Waals surface area contributed by atoms with E-state index in [2.05, 4.69) is 27.2 Å². The monoisotopic (exact) mass is 330 g/mol. The molecule has 5 heteroatoms. The van der Waals surface area contributed by atoms with Gasteiger partial charge in [-0.1, -0.05) is 19.3 Å². The van der Waals surface area contributed by atoms with E-state index in [1.54, 1.807) is 19.0 Å². The molecule has 1 aliphatic carbocycles. The Kier molecular flexibility index (Phi) is 5.61. The van der Waals surface area contributed by atoms with Gasteiger partial charge < -0.3 is 15.1 Å². The van der Waals surface area contributed by atoms with Crippen LogP contribution in [0.5, 0.6) is 0 Å². The molecule has 2 amide bonds. The molecule has 0 unspecified atom stereocenters. The van der Waals surface area contributed by atoms with Gasteiger partial charge in [-0.15, -0.1) is 0 Å². The fourth-order valence-electron chi connectivity index (χ4n) is 3.78. The molecule has 0 atom stereocenters. The van der Waals surface area contributed by atoms with Crippen LogP contribution >= 0.6 is 0 Å². The Balaban J connectivity index is 1.51. The topological polar surface area (TPSA) is 38.8 Å². The third kappa shape index (κ3) is 4.20. The van der Waals surface area contributed by atoms with Crippen molar-refractivity contribution in [2.75, 3.05) is 50.5 Å². The molecule has 1 aromatic rings. The molecule has 2 aliphatic rings. The summed E-state index contributed by atoms with van der Waals surface area (Å²) in [6.45, 7) is 4.54. The van der Waals surface area contributed by atoms with Crippen LogP contribution in [0.15, 0.2) is 24.3 Å². The van der Waals surface area contributed by atoms with E-state index in [-0.39, 0.29) is 6.03 Å². The van der Waals surface area contributed by atoms with E-state index >= 15 is 0 Å². The Labute approximate surface area is 145 Å². The highest BCUT2D eigenvalue weighted by Gasteiger charge is 2.25. The van der Waals surface area contributed by atoms with E-state index in [0.29, 0.717) is 0 Å². The minimum Gasteiger partial charge on any atom is -0.369 e. The summed E-state index contributed by atoms with van der Waals surface area (Å²) in [6.07, 6.45) is 7.02. The fourth-order valence-corrected chi connectivity index (χ4v) is 3.78. The van der Waals surface area contributed by atoms with Gasteiger partial charge in [-0.2, -0.15) is 0 Å². The SMILES string of the molecule is CN(C)C(=O)Nc1ccc(N2CCN(C3CCCCC3)CC2)cc1. The second kappa shape index (κ2) is 7.88. The number of nitrogens with one attached hydrogen (secondary N) is 1. The Morgan fingerprint density at radius 2 is 1.62 bits per heavy atom. The van der Waals surface area contributed by atoms with Crippen LogP contribution in [0, 0.1) is 0 Å². The average Bonchev–Trinajstić information content (AvgIpc) is 2.63. The van der Waals surface area contributed by atoms with Crippen molar-refractivity contribution in [3.8, 4) is 0 Å². The number of benzene rings is 1. The van der Waals surface area contributed by atoms with Gasteiger partial charge in [0.05, 0.1) is 0 Å². The van der Waals surface area contributed by atoms with Crippen molar-refractivity contribution in [2.24, 2.45) is 0 Å². The number of nitrogens with zero attached hydrogens (tertiary/aromatic N) is 3. The molecule has 0 spiro atoms. The molecule has 1 aromatic carbocycles. The van der Waals surface area contributed by atoms with Crippen molar-refractivity contribution >= 4 is 17.4 Å². The van der Waals surface area contributed by atoms with Crippen LogP contribution in [-0.4, -0.2) is 62.1 Å². The number of hydrogen-bond acceptors (Lipinski definition) is 3. The smallest absolute Gasteiger partial charge is 0.321 e. The summed E-state index contributed by atoms with van der Waals surface area (Å²) in [5.74, 6) is 0. The largest absolute Gasteiger partial charge is 0.369 e. The van der Waals surface area contributed by atoms with Crippen molar-refractivity contribution in [3.63, 3.8) is 0 Å². The fraction of sp³-hybridized carbons (Fsp3) is 0.632. The van der Waals surface area contributed by atoms with Crippen molar-refractivity contribution < 1.29 is 4.79 Å². The number of urea groups is 1. The molecular weight excluding hydrogens is 300 g/mol. The Bertz CT molecular complexity index is 529. The molecule has 1 heterocycles. The molecule has 0 radical (unpaired) electrons.